The number of rotatable bonds is 8. The predicted octanol–water partition coefficient (Wildman–Crippen LogP) is 1.10. The Kier molecular flexibility index (Phi) is 6.72. The number of carbonyl (C=O) groups excluding carboxylic acids is 1. The van der Waals surface area contributed by atoms with E-state index in [1.54, 1.807) is 31.4 Å². The first kappa shape index (κ1) is 20.2. The number of amides is 1. The molecule has 0 bridgehead atoms. The van der Waals surface area contributed by atoms with Crippen molar-refractivity contribution >= 4 is 17.7 Å². The minimum absolute atomic E-state index is 0.265. The molecular formula is C18H17N7O3S. The van der Waals surface area contributed by atoms with E-state index in [1.165, 1.54) is 17.8 Å². The molecular weight excluding hydrogens is 394 g/mol. The molecule has 3 aromatic rings. The van der Waals surface area contributed by atoms with Crippen LogP contribution in [-0.4, -0.2) is 51.8 Å². The Balaban J connectivity index is 1.92. The van der Waals surface area contributed by atoms with E-state index in [0.717, 1.165) is 0 Å². The first-order valence-corrected chi connectivity index (χ1v) is 9.51. The molecule has 10 nitrogen and oxygen atoms in total. The van der Waals surface area contributed by atoms with Crippen molar-refractivity contribution in [2.45, 2.75) is 10.8 Å². The Hall–Kier alpha value is -3.49. The van der Waals surface area contributed by atoms with Crippen LogP contribution in [0, 0.1) is 11.3 Å². The van der Waals surface area contributed by atoms with E-state index < -0.39 is 0 Å². The van der Waals surface area contributed by atoms with Gasteiger partial charge in [-0.3, -0.25) is 9.59 Å². The molecule has 0 spiro atoms. The van der Waals surface area contributed by atoms with Crippen molar-refractivity contribution in [3.05, 3.63) is 57.6 Å². The molecule has 0 atom stereocenters. The van der Waals surface area contributed by atoms with Crippen LogP contribution in [0.1, 0.15) is 21.7 Å². The van der Waals surface area contributed by atoms with Crippen LogP contribution in [0.4, 0.5) is 0 Å². The summed E-state index contributed by atoms with van der Waals surface area (Å²) in [5.41, 5.74) is 1.40. The molecule has 2 heterocycles. The second-order valence-electron chi connectivity index (χ2n) is 5.81. The molecule has 0 radical (unpaired) electrons. The Morgan fingerprint density at radius 2 is 2.24 bits per heavy atom. The molecule has 2 aromatic heterocycles. The molecule has 3 N–H and O–H groups in total. The SMILES string of the molecule is COCCNC(=O)c1cccc(-c2cc(=O)[nH]c(SCc3nn[nH]n3)c2C#N)c1. The van der Waals surface area contributed by atoms with Gasteiger partial charge in [-0.05, 0) is 17.7 Å². The van der Waals surface area contributed by atoms with Gasteiger partial charge in [0, 0.05) is 30.8 Å². The highest BCUT2D eigenvalue weighted by Gasteiger charge is 2.15. The summed E-state index contributed by atoms with van der Waals surface area (Å²) in [7, 11) is 1.55. The van der Waals surface area contributed by atoms with E-state index in [2.05, 4.69) is 37.0 Å². The van der Waals surface area contributed by atoms with Gasteiger partial charge in [0.05, 0.1) is 22.9 Å². The van der Waals surface area contributed by atoms with E-state index in [-0.39, 0.29) is 11.5 Å². The van der Waals surface area contributed by atoms with Gasteiger partial charge in [-0.1, -0.05) is 29.1 Å². The highest BCUT2D eigenvalue weighted by Crippen LogP contribution is 2.30. The maximum absolute atomic E-state index is 12.3. The molecule has 0 unspecified atom stereocenters. The number of hydrogen-bond acceptors (Lipinski definition) is 8. The number of hydrogen-bond donors (Lipinski definition) is 3. The van der Waals surface area contributed by atoms with Crippen molar-refractivity contribution in [3.63, 3.8) is 0 Å². The monoisotopic (exact) mass is 411 g/mol. The number of pyridine rings is 1. The minimum atomic E-state index is -0.357. The molecule has 3 rings (SSSR count). The third-order valence-electron chi connectivity index (χ3n) is 3.88. The summed E-state index contributed by atoms with van der Waals surface area (Å²) in [5, 5.41) is 26.4. The van der Waals surface area contributed by atoms with Crippen LogP contribution >= 0.6 is 11.8 Å². The lowest BCUT2D eigenvalue weighted by Gasteiger charge is -2.10. The zero-order valence-corrected chi connectivity index (χ0v) is 16.2. The highest BCUT2D eigenvalue weighted by atomic mass is 32.2. The summed E-state index contributed by atoms with van der Waals surface area (Å²) in [6.07, 6.45) is 0. The topological polar surface area (TPSA) is 149 Å². The molecule has 0 saturated carbocycles. The van der Waals surface area contributed by atoms with Crippen molar-refractivity contribution in [1.29, 1.82) is 5.26 Å². The first-order chi connectivity index (χ1) is 14.1. The zero-order chi connectivity index (χ0) is 20.6. The molecule has 11 heteroatoms. The van der Waals surface area contributed by atoms with Gasteiger partial charge in [0.25, 0.3) is 5.91 Å². The zero-order valence-electron chi connectivity index (χ0n) is 15.4. The fraction of sp³-hybridized carbons (Fsp3) is 0.222. The van der Waals surface area contributed by atoms with Crippen LogP contribution in [0.2, 0.25) is 0 Å². The predicted molar refractivity (Wildman–Crippen MR) is 105 cm³/mol. The van der Waals surface area contributed by atoms with Crippen LogP contribution in [0.3, 0.4) is 0 Å². The van der Waals surface area contributed by atoms with Gasteiger partial charge >= 0.3 is 0 Å². The third-order valence-corrected chi connectivity index (χ3v) is 4.88. The van der Waals surface area contributed by atoms with Crippen molar-refractivity contribution in [1.82, 2.24) is 30.9 Å². The lowest BCUT2D eigenvalue weighted by molar-refractivity contribution is 0.0937. The maximum atomic E-state index is 12.3. The lowest BCUT2D eigenvalue weighted by atomic mass is 10.00. The van der Waals surface area contributed by atoms with E-state index in [9.17, 15) is 14.9 Å². The number of methoxy groups -OCH3 is 1. The first-order valence-electron chi connectivity index (χ1n) is 8.52. The second-order valence-corrected chi connectivity index (χ2v) is 6.80. The Labute approximate surface area is 169 Å². The van der Waals surface area contributed by atoms with Crippen molar-refractivity contribution in [3.8, 4) is 17.2 Å². The van der Waals surface area contributed by atoms with E-state index in [4.69, 9.17) is 4.74 Å². The molecule has 0 saturated heterocycles. The fourth-order valence-corrected chi connectivity index (χ4v) is 3.43. The van der Waals surface area contributed by atoms with Crippen LogP contribution in [0.15, 0.2) is 40.2 Å². The van der Waals surface area contributed by atoms with Crippen molar-refractivity contribution in [2.24, 2.45) is 0 Å². The normalized spacial score (nSPS) is 10.5. The smallest absolute Gasteiger partial charge is 0.251 e. The van der Waals surface area contributed by atoms with Crippen molar-refractivity contribution < 1.29 is 9.53 Å². The number of tetrazole rings is 1. The maximum Gasteiger partial charge on any atom is 0.251 e. The van der Waals surface area contributed by atoms with Crippen LogP contribution < -0.4 is 10.9 Å². The summed E-state index contributed by atoms with van der Waals surface area (Å²) in [6.45, 7) is 0.782. The number of benzene rings is 1. The molecule has 148 valence electrons. The number of aromatic nitrogens is 5. The van der Waals surface area contributed by atoms with Crippen LogP contribution in [-0.2, 0) is 10.5 Å². The third kappa shape index (κ3) is 5.07. The number of nitrogens with zero attached hydrogens (tertiary/aromatic N) is 4. The van der Waals surface area contributed by atoms with Gasteiger partial charge in [0.1, 0.15) is 6.07 Å². The van der Waals surface area contributed by atoms with Gasteiger partial charge in [-0.25, -0.2) is 0 Å². The van der Waals surface area contributed by atoms with Gasteiger partial charge in [0.2, 0.25) is 5.56 Å². The molecule has 1 amide bonds. The molecule has 0 aliphatic rings. The van der Waals surface area contributed by atoms with Gasteiger partial charge in [0.15, 0.2) is 5.82 Å². The number of aromatic amines is 2. The average molecular weight is 411 g/mol. The Morgan fingerprint density at radius 1 is 1.38 bits per heavy atom. The Bertz CT molecular complexity index is 1090. The average Bonchev–Trinajstić information content (AvgIpc) is 3.25. The minimum Gasteiger partial charge on any atom is -0.383 e. The van der Waals surface area contributed by atoms with E-state index in [1.807, 2.05) is 0 Å². The highest BCUT2D eigenvalue weighted by molar-refractivity contribution is 7.98. The van der Waals surface area contributed by atoms with Gasteiger partial charge in [-0.2, -0.15) is 10.5 Å². The number of H-pyrrole nitrogens is 2. The van der Waals surface area contributed by atoms with E-state index >= 15 is 0 Å². The van der Waals surface area contributed by atoms with Gasteiger partial charge in [-0.15, -0.1) is 10.2 Å². The molecule has 0 aliphatic carbocycles. The van der Waals surface area contributed by atoms with Gasteiger partial charge < -0.3 is 15.0 Å². The quantitative estimate of drug-likeness (QED) is 0.368. The largest absolute Gasteiger partial charge is 0.383 e. The summed E-state index contributed by atoms with van der Waals surface area (Å²) in [4.78, 5) is 27.2. The molecule has 0 fully saturated rings. The van der Waals surface area contributed by atoms with Crippen LogP contribution in [0.25, 0.3) is 11.1 Å². The van der Waals surface area contributed by atoms with Crippen molar-refractivity contribution in [2.75, 3.05) is 20.3 Å². The molecule has 0 aliphatic heterocycles. The van der Waals surface area contributed by atoms with Crippen LogP contribution in [0.5, 0.6) is 0 Å². The second kappa shape index (κ2) is 9.63. The number of nitrogens with one attached hydrogen (secondary N) is 3. The Morgan fingerprint density at radius 3 is 2.97 bits per heavy atom. The summed E-state index contributed by atoms with van der Waals surface area (Å²) in [5.74, 6) is 0.505. The van der Waals surface area contributed by atoms with E-state index in [0.29, 0.717) is 52.0 Å². The lowest BCUT2D eigenvalue weighted by Crippen LogP contribution is -2.26. The summed E-state index contributed by atoms with van der Waals surface area (Å²) in [6, 6.07) is 10.2. The number of thioether (sulfide) groups is 1. The summed E-state index contributed by atoms with van der Waals surface area (Å²) >= 11 is 1.22. The molecule has 29 heavy (non-hydrogen) atoms. The fourth-order valence-electron chi connectivity index (χ4n) is 2.56. The number of nitriles is 1. The molecule has 1 aromatic carbocycles. The summed E-state index contributed by atoms with van der Waals surface area (Å²) < 4.78 is 4.92. The standard InChI is InChI=1S/C18H17N7O3S/c1-28-6-5-20-17(27)12-4-2-3-11(7-12)13-8-16(26)21-18(14(13)9-19)29-10-15-22-24-25-23-15/h2-4,7-8H,5-6,10H2,1H3,(H,20,27)(H,21,26)(H,22,23,24,25). The number of carbonyl (C=O) groups is 1. The number of ether oxygens (including phenoxy) is 1.